The second-order valence-electron chi connectivity index (χ2n) is 6.58. The van der Waals surface area contributed by atoms with Crippen molar-refractivity contribution in [2.75, 3.05) is 0 Å². The van der Waals surface area contributed by atoms with Crippen LogP contribution in [0.25, 0.3) is 0 Å². The van der Waals surface area contributed by atoms with Crippen LogP contribution in [0, 0.1) is 0 Å². The highest BCUT2D eigenvalue weighted by Crippen LogP contribution is 2.15. The largest absolute Gasteiger partial charge is 0.411 e. The molecule has 4 nitrogen and oxygen atoms in total. The molecule has 0 radical (unpaired) electrons. The molecule has 0 saturated heterocycles. The second-order valence-corrected chi connectivity index (χ2v) is 6.58. The minimum atomic E-state index is 0.983. The van der Waals surface area contributed by atoms with Gasteiger partial charge >= 0.3 is 0 Å². The molecule has 0 atom stereocenters. The van der Waals surface area contributed by atoms with Crippen LogP contribution in [0.2, 0.25) is 0 Å². The smallest absolute Gasteiger partial charge is 0.0570 e. The molecular formula is C18H34N2O2. The number of nitrogens with zero attached hydrogens (tertiary/aromatic N) is 2. The summed E-state index contributed by atoms with van der Waals surface area (Å²) in [5, 5.41) is 23.6. The fraction of sp³-hybridized carbons (Fsp3) is 0.889. The summed E-state index contributed by atoms with van der Waals surface area (Å²) in [6, 6.07) is 0. The third kappa shape index (κ3) is 9.80. The molecule has 2 aliphatic rings. The molecule has 0 aromatic heterocycles. The summed E-state index contributed by atoms with van der Waals surface area (Å²) in [6.45, 7) is 0. The summed E-state index contributed by atoms with van der Waals surface area (Å²) in [4.78, 5) is 0. The topological polar surface area (TPSA) is 65.2 Å². The first kappa shape index (κ1) is 19.0. The lowest BCUT2D eigenvalue weighted by Gasteiger charge is -2.08. The molecule has 2 N–H and O–H groups in total. The van der Waals surface area contributed by atoms with Crippen LogP contribution in [-0.4, -0.2) is 21.8 Å². The van der Waals surface area contributed by atoms with Gasteiger partial charge in [-0.2, -0.15) is 0 Å². The summed E-state index contributed by atoms with van der Waals surface area (Å²) in [5.41, 5.74) is 2.00. The highest BCUT2D eigenvalue weighted by molar-refractivity contribution is 5.84. The Morgan fingerprint density at radius 2 is 0.636 bits per heavy atom. The molecule has 0 aromatic carbocycles. The third-order valence-electron chi connectivity index (χ3n) is 4.64. The van der Waals surface area contributed by atoms with Gasteiger partial charge in [-0.3, -0.25) is 0 Å². The third-order valence-corrected chi connectivity index (χ3v) is 4.64. The molecule has 0 unspecified atom stereocenters. The van der Waals surface area contributed by atoms with Crippen molar-refractivity contribution in [1.82, 2.24) is 0 Å². The van der Waals surface area contributed by atoms with E-state index in [-0.39, 0.29) is 0 Å². The average molecular weight is 310 g/mol. The first-order valence-corrected chi connectivity index (χ1v) is 9.26. The van der Waals surface area contributed by atoms with Crippen LogP contribution in [0.1, 0.15) is 103 Å². The molecule has 0 amide bonds. The maximum atomic E-state index is 8.78. The Balaban J connectivity index is 0.000000255. The van der Waals surface area contributed by atoms with Crippen LogP contribution in [0.3, 0.4) is 0 Å². The van der Waals surface area contributed by atoms with Crippen molar-refractivity contribution in [2.45, 2.75) is 103 Å². The first-order chi connectivity index (χ1) is 10.9. The van der Waals surface area contributed by atoms with Gasteiger partial charge in [0.15, 0.2) is 0 Å². The molecule has 22 heavy (non-hydrogen) atoms. The summed E-state index contributed by atoms with van der Waals surface area (Å²) >= 11 is 0. The van der Waals surface area contributed by atoms with Gasteiger partial charge < -0.3 is 10.4 Å². The molecule has 0 spiro atoms. The van der Waals surface area contributed by atoms with E-state index in [9.17, 15) is 0 Å². The lowest BCUT2D eigenvalue weighted by Crippen LogP contribution is -2.03. The molecule has 2 rings (SSSR count). The molecule has 2 fully saturated rings. The van der Waals surface area contributed by atoms with Crippen LogP contribution in [-0.2, 0) is 0 Å². The Labute approximate surface area is 135 Å². The number of hydrogen-bond acceptors (Lipinski definition) is 4. The highest BCUT2D eigenvalue weighted by atomic mass is 16.4. The Morgan fingerprint density at radius 3 is 0.909 bits per heavy atom. The Bertz CT molecular complexity index is 305. The lowest BCUT2D eigenvalue weighted by atomic mass is 9.99. The Kier molecular flexibility index (Phi) is 11.7. The molecule has 0 aromatic rings. The van der Waals surface area contributed by atoms with E-state index in [0.717, 1.165) is 37.1 Å². The van der Waals surface area contributed by atoms with Crippen LogP contribution < -0.4 is 0 Å². The molecular weight excluding hydrogens is 276 g/mol. The van der Waals surface area contributed by atoms with Gasteiger partial charge in [-0.15, -0.1) is 0 Å². The number of rotatable bonds is 0. The molecule has 0 bridgehead atoms. The van der Waals surface area contributed by atoms with Gasteiger partial charge in [0.05, 0.1) is 11.4 Å². The molecule has 128 valence electrons. The summed E-state index contributed by atoms with van der Waals surface area (Å²) < 4.78 is 0. The van der Waals surface area contributed by atoms with Gasteiger partial charge in [-0.05, 0) is 51.4 Å². The van der Waals surface area contributed by atoms with Crippen LogP contribution in [0.5, 0.6) is 0 Å². The first-order valence-electron chi connectivity index (χ1n) is 9.26. The maximum absolute atomic E-state index is 8.78. The zero-order valence-electron chi connectivity index (χ0n) is 14.1. The number of hydrogen-bond donors (Lipinski definition) is 2. The quantitative estimate of drug-likeness (QED) is 0.432. The fourth-order valence-electron chi connectivity index (χ4n) is 3.18. The molecule has 2 aliphatic carbocycles. The van der Waals surface area contributed by atoms with Gasteiger partial charge in [-0.1, -0.05) is 61.7 Å². The van der Waals surface area contributed by atoms with Crippen molar-refractivity contribution in [3.63, 3.8) is 0 Å². The van der Waals surface area contributed by atoms with Crippen molar-refractivity contribution < 1.29 is 10.4 Å². The van der Waals surface area contributed by atoms with Crippen molar-refractivity contribution in [3.05, 3.63) is 0 Å². The number of oxime groups is 2. The molecule has 4 heteroatoms. The van der Waals surface area contributed by atoms with Crippen LogP contribution in [0.15, 0.2) is 10.3 Å². The molecule has 0 aliphatic heterocycles. The van der Waals surface area contributed by atoms with Crippen molar-refractivity contribution in [3.8, 4) is 0 Å². The zero-order valence-corrected chi connectivity index (χ0v) is 14.1. The maximum Gasteiger partial charge on any atom is 0.0570 e. The van der Waals surface area contributed by atoms with Crippen LogP contribution in [0.4, 0.5) is 0 Å². The van der Waals surface area contributed by atoms with E-state index >= 15 is 0 Å². The monoisotopic (exact) mass is 310 g/mol. The SMILES string of the molecule is ON=C1CCCCC1.ON=C1CCCCCCCCCCC1. The van der Waals surface area contributed by atoms with Gasteiger partial charge in [0.2, 0.25) is 0 Å². The van der Waals surface area contributed by atoms with E-state index in [1.54, 1.807) is 0 Å². The molecule has 0 heterocycles. The summed E-state index contributed by atoms with van der Waals surface area (Å²) in [6.07, 6.45) is 19.7. The van der Waals surface area contributed by atoms with E-state index in [4.69, 9.17) is 10.4 Å². The fourth-order valence-corrected chi connectivity index (χ4v) is 3.18. The van der Waals surface area contributed by atoms with Crippen molar-refractivity contribution in [2.24, 2.45) is 10.3 Å². The van der Waals surface area contributed by atoms with Gasteiger partial charge in [0.25, 0.3) is 0 Å². The Morgan fingerprint density at radius 1 is 0.409 bits per heavy atom. The van der Waals surface area contributed by atoms with Crippen molar-refractivity contribution in [1.29, 1.82) is 0 Å². The van der Waals surface area contributed by atoms with E-state index in [1.807, 2.05) is 0 Å². The Hall–Kier alpha value is -1.06. The van der Waals surface area contributed by atoms with Gasteiger partial charge in [0, 0.05) is 0 Å². The summed E-state index contributed by atoms with van der Waals surface area (Å²) in [5.74, 6) is 0. The minimum Gasteiger partial charge on any atom is -0.411 e. The van der Waals surface area contributed by atoms with E-state index in [0.29, 0.717) is 0 Å². The van der Waals surface area contributed by atoms with E-state index in [1.165, 1.54) is 77.0 Å². The minimum absolute atomic E-state index is 0.983. The van der Waals surface area contributed by atoms with Gasteiger partial charge in [-0.25, -0.2) is 0 Å². The van der Waals surface area contributed by atoms with E-state index in [2.05, 4.69) is 10.3 Å². The van der Waals surface area contributed by atoms with Crippen molar-refractivity contribution >= 4 is 11.4 Å². The predicted molar refractivity (Wildman–Crippen MR) is 92.3 cm³/mol. The summed E-state index contributed by atoms with van der Waals surface area (Å²) in [7, 11) is 0. The standard InChI is InChI=1S/C12H23NO.C6H11NO/c14-13-12-10-8-6-4-2-1-3-5-7-9-11-12;8-7-6-4-2-1-3-5-6/h14H,1-11H2;8H,1-5H2. The lowest BCUT2D eigenvalue weighted by molar-refractivity contribution is 0.314. The zero-order chi connectivity index (χ0) is 15.9. The second kappa shape index (κ2) is 13.6. The van der Waals surface area contributed by atoms with Crippen LogP contribution >= 0.6 is 0 Å². The average Bonchev–Trinajstić information content (AvgIpc) is 2.57. The molecule has 2 saturated carbocycles. The normalized spacial score (nSPS) is 21.6. The highest BCUT2D eigenvalue weighted by Gasteiger charge is 2.05. The van der Waals surface area contributed by atoms with Gasteiger partial charge in [0.1, 0.15) is 0 Å². The van der Waals surface area contributed by atoms with E-state index < -0.39 is 0 Å². The predicted octanol–water partition coefficient (Wildman–Crippen LogP) is 5.90.